The third-order valence-electron chi connectivity index (χ3n) is 7.30. The van der Waals surface area contributed by atoms with Gasteiger partial charge in [0, 0.05) is 26.2 Å². The van der Waals surface area contributed by atoms with Crippen molar-refractivity contribution in [2.75, 3.05) is 30.5 Å². The van der Waals surface area contributed by atoms with Crippen LogP contribution in [-0.2, 0) is 37.8 Å². The lowest BCUT2D eigenvalue weighted by molar-refractivity contribution is -0.123. The molecule has 0 atom stereocenters. The van der Waals surface area contributed by atoms with E-state index in [4.69, 9.17) is 4.74 Å². The monoisotopic (exact) mass is 583 g/mol. The molecule has 0 aliphatic carbocycles. The number of hydrogen-bond donors (Lipinski definition) is 1. The molecule has 212 valence electrons. The Hall–Kier alpha value is -3.41. The van der Waals surface area contributed by atoms with E-state index in [0.717, 1.165) is 30.4 Å². The molecule has 1 fully saturated rings. The molecule has 40 heavy (non-hydrogen) atoms. The summed E-state index contributed by atoms with van der Waals surface area (Å²) < 4.78 is 60.8. The molecule has 0 unspecified atom stereocenters. The molecule has 1 saturated heterocycles. The van der Waals surface area contributed by atoms with E-state index < -0.39 is 20.0 Å². The van der Waals surface area contributed by atoms with E-state index in [0.29, 0.717) is 43.1 Å². The third-order valence-corrected chi connectivity index (χ3v) is 11.0. The van der Waals surface area contributed by atoms with Gasteiger partial charge in [-0.2, -0.15) is 4.31 Å². The lowest BCUT2D eigenvalue weighted by atomic mass is 10.2. The second kappa shape index (κ2) is 11.6. The van der Waals surface area contributed by atoms with Gasteiger partial charge in [0.05, 0.1) is 15.5 Å². The van der Waals surface area contributed by atoms with E-state index >= 15 is 0 Å². The van der Waals surface area contributed by atoms with Crippen LogP contribution in [-0.4, -0.2) is 53.3 Å². The van der Waals surface area contributed by atoms with Crippen molar-refractivity contribution in [3.63, 3.8) is 0 Å². The Balaban J connectivity index is 1.15. The fourth-order valence-electron chi connectivity index (χ4n) is 5.06. The molecule has 0 saturated carbocycles. The number of ether oxygens (including phenoxy) is 1. The van der Waals surface area contributed by atoms with Crippen LogP contribution in [0.2, 0.25) is 0 Å². The second-order valence-corrected chi connectivity index (χ2v) is 13.9. The summed E-state index contributed by atoms with van der Waals surface area (Å²) in [7, 11) is -7.22. The molecule has 3 aromatic rings. The molecular formula is C29H33N3O6S2. The maximum Gasteiger partial charge on any atom is 0.264 e. The van der Waals surface area contributed by atoms with E-state index in [-0.39, 0.29) is 28.8 Å². The Morgan fingerprint density at radius 2 is 1.55 bits per heavy atom. The Labute approximate surface area is 235 Å². The molecule has 11 heteroatoms. The number of fused-ring (bicyclic) bond motifs is 1. The summed E-state index contributed by atoms with van der Waals surface area (Å²) in [6.45, 7) is 3.21. The van der Waals surface area contributed by atoms with Crippen molar-refractivity contribution >= 4 is 31.6 Å². The maximum absolute atomic E-state index is 13.3. The maximum atomic E-state index is 13.3. The van der Waals surface area contributed by atoms with Gasteiger partial charge in [0.2, 0.25) is 10.0 Å². The summed E-state index contributed by atoms with van der Waals surface area (Å²) in [5.41, 5.74) is 3.08. The van der Waals surface area contributed by atoms with Crippen LogP contribution in [0.1, 0.15) is 36.0 Å². The number of amides is 1. The molecule has 2 aliphatic rings. The van der Waals surface area contributed by atoms with Crippen LogP contribution in [0.15, 0.2) is 76.5 Å². The number of carbonyl (C=O) groups is 1. The quantitative estimate of drug-likeness (QED) is 0.412. The van der Waals surface area contributed by atoms with Gasteiger partial charge in [0.1, 0.15) is 5.75 Å². The molecule has 2 aliphatic heterocycles. The SMILES string of the molecule is Cc1cc(S(=O)(=O)N2CCc3ccccc32)ccc1OCC(=O)NCc1ccc(S(=O)(=O)N2CCCCC2)cc1. The molecular weight excluding hydrogens is 550 g/mol. The molecule has 2 heterocycles. The largest absolute Gasteiger partial charge is 0.484 e. The predicted molar refractivity (Wildman–Crippen MR) is 152 cm³/mol. The number of nitrogens with one attached hydrogen (secondary N) is 1. The van der Waals surface area contributed by atoms with E-state index in [1.165, 1.54) is 14.7 Å². The third kappa shape index (κ3) is 5.86. The number of aryl methyl sites for hydroxylation is 1. The molecule has 0 bridgehead atoms. The molecule has 0 radical (unpaired) electrons. The van der Waals surface area contributed by atoms with Crippen molar-refractivity contribution in [3.8, 4) is 5.75 Å². The average Bonchev–Trinajstić information content (AvgIpc) is 3.41. The topological polar surface area (TPSA) is 113 Å². The number of benzene rings is 3. The van der Waals surface area contributed by atoms with Crippen LogP contribution in [0.3, 0.4) is 0 Å². The highest BCUT2D eigenvalue weighted by molar-refractivity contribution is 7.92. The summed E-state index contributed by atoms with van der Waals surface area (Å²) in [6.07, 6.45) is 3.48. The summed E-state index contributed by atoms with van der Waals surface area (Å²) >= 11 is 0. The van der Waals surface area contributed by atoms with Crippen LogP contribution in [0, 0.1) is 6.92 Å². The van der Waals surface area contributed by atoms with E-state index in [1.807, 2.05) is 24.3 Å². The minimum atomic E-state index is -3.72. The van der Waals surface area contributed by atoms with E-state index in [1.54, 1.807) is 43.3 Å². The van der Waals surface area contributed by atoms with Crippen molar-refractivity contribution in [2.24, 2.45) is 0 Å². The Morgan fingerprint density at radius 1 is 0.850 bits per heavy atom. The Bertz CT molecular complexity index is 1600. The van der Waals surface area contributed by atoms with Crippen LogP contribution < -0.4 is 14.4 Å². The average molecular weight is 584 g/mol. The minimum Gasteiger partial charge on any atom is -0.484 e. The van der Waals surface area contributed by atoms with Gasteiger partial charge in [0.15, 0.2) is 6.61 Å². The van der Waals surface area contributed by atoms with Crippen LogP contribution in [0.25, 0.3) is 0 Å². The fraction of sp³-hybridized carbons (Fsp3) is 0.345. The van der Waals surface area contributed by atoms with E-state index in [9.17, 15) is 21.6 Å². The van der Waals surface area contributed by atoms with Crippen molar-refractivity contribution in [1.82, 2.24) is 9.62 Å². The Kier molecular flexibility index (Phi) is 8.16. The number of piperidine rings is 1. The first kappa shape index (κ1) is 28.1. The van der Waals surface area contributed by atoms with Gasteiger partial charge in [-0.15, -0.1) is 0 Å². The zero-order chi connectivity index (χ0) is 28.3. The predicted octanol–water partition coefficient (Wildman–Crippen LogP) is 3.62. The van der Waals surface area contributed by atoms with E-state index in [2.05, 4.69) is 5.32 Å². The van der Waals surface area contributed by atoms with Gasteiger partial charge in [-0.05, 0) is 79.3 Å². The van der Waals surface area contributed by atoms with Crippen LogP contribution >= 0.6 is 0 Å². The molecule has 1 N–H and O–H groups in total. The van der Waals surface area contributed by atoms with Crippen molar-refractivity contribution in [1.29, 1.82) is 0 Å². The summed E-state index contributed by atoms with van der Waals surface area (Å²) in [5, 5.41) is 2.77. The molecule has 5 rings (SSSR count). The van der Waals surface area contributed by atoms with Gasteiger partial charge in [-0.25, -0.2) is 16.8 Å². The second-order valence-electron chi connectivity index (χ2n) is 10.1. The summed E-state index contributed by atoms with van der Waals surface area (Å²) in [5.74, 6) is 0.0676. The number of nitrogens with zero attached hydrogens (tertiary/aromatic N) is 2. The lowest BCUT2D eigenvalue weighted by Crippen LogP contribution is -2.35. The minimum absolute atomic E-state index is 0.171. The number of carbonyl (C=O) groups excluding carboxylic acids is 1. The highest BCUT2D eigenvalue weighted by atomic mass is 32.2. The van der Waals surface area contributed by atoms with Crippen LogP contribution in [0.4, 0.5) is 5.69 Å². The van der Waals surface area contributed by atoms with Crippen LogP contribution in [0.5, 0.6) is 5.75 Å². The standard InChI is InChI=1S/C29H33N3O6S2/c1-22-19-26(40(36,37)32-18-15-24-7-3-4-8-27(24)32)13-14-28(22)38-21-29(33)30-20-23-9-11-25(12-10-23)39(34,35)31-16-5-2-6-17-31/h3-4,7-14,19H,2,5-6,15-18,20-21H2,1H3,(H,30,33). The van der Waals surface area contributed by atoms with Gasteiger partial charge in [-0.1, -0.05) is 36.8 Å². The zero-order valence-corrected chi connectivity index (χ0v) is 24.0. The van der Waals surface area contributed by atoms with Gasteiger partial charge in [0.25, 0.3) is 15.9 Å². The number of sulfonamides is 2. The molecule has 0 spiro atoms. The summed E-state index contributed by atoms with van der Waals surface area (Å²) in [4.78, 5) is 12.8. The number of hydrogen-bond acceptors (Lipinski definition) is 6. The van der Waals surface area contributed by atoms with Gasteiger partial charge in [-0.3, -0.25) is 9.10 Å². The van der Waals surface area contributed by atoms with Gasteiger partial charge >= 0.3 is 0 Å². The van der Waals surface area contributed by atoms with Crippen molar-refractivity contribution in [3.05, 3.63) is 83.4 Å². The smallest absolute Gasteiger partial charge is 0.264 e. The summed E-state index contributed by atoms with van der Waals surface area (Å²) in [6, 6.07) is 18.6. The first-order valence-electron chi connectivity index (χ1n) is 13.4. The highest BCUT2D eigenvalue weighted by Gasteiger charge is 2.31. The molecule has 1 amide bonds. The number of para-hydroxylation sites is 1. The zero-order valence-electron chi connectivity index (χ0n) is 22.4. The van der Waals surface area contributed by atoms with Crippen molar-refractivity contribution in [2.45, 2.75) is 48.9 Å². The Morgan fingerprint density at radius 3 is 2.27 bits per heavy atom. The van der Waals surface area contributed by atoms with Gasteiger partial charge < -0.3 is 10.1 Å². The number of anilines is 1. The first-order valence-corrected chi connectivity index (χ1v) is 16.2. The first-order chi connectivity index (χ1) is 19.2. The molecule has 9 nitrogen and oxygen atoms in total. The molecule has 0 aromatic heterocycles. The highest BCUT2D eigenvalue weighted by Crippen LogP contribution is 2.33. The van der Waals surface area contributed by atoms with Crippen molar-refractivity contribution < 1.29 is 26.4 Å². The lowest BCUT2D eigenvalue weighted by Gasteiger charge is -2.25. The number of rotatable bonds is 9. The molecule has 3 aromatic carbocycles. The normalized spacial score (nSPS) is 16.0. The fourth-order valence-corrected chi connectivity index (χ4v) is 8.16.